The number of pyridine rings is 1. The maximum Gasteiger partial charge on any atom is 0.219 e. The molecule has 4 aromatic rings. The van der Waals surface area contributed by atoms with Gasteiger partial charge in [-0.15, -0.1) is 0 Å². The molecule has 5 heterocycles. The molecule has 2 aliphatic heterocycles. The number of rotatable bonds is 3. The maximum atomic E-state index is 12.2. The van der Waals surface area contributed by atoms with Crippen molar-refractivity contribution in [2.75, 3.05) is 19.8 Å². The van der Waals surface area contributed by atoms with E-state index >= 15 is 0 Å². The van der Waals surface area contributed by atoms with E-state index < -0.39 is 0 Å². The van der Waals surface area contributed by atoms with E-state index in [4.69, 9.17) is 14.8 Å². The smallest absolute Gasteiger partial charge is 0.219 e. The van der Waals surface area contributed by atoms with Crippen LogP contribution in [-0.2, 0) is 22.5 Å². The van der Waals surface area contributed by atoms with Crippen molar-refractivity contribution in [3.63, 3.8) is 0 Å². The van der Waals surface area contributed by atoms with Crippen molar-refractivity contribution in [3.05, 3.63) is 59.9 Å². The van der Waals surface area contributed by atoms with Gasteiger partial charge in [0.25, 0.3) is 0 Å². The summed E-state index contributed by atoms with van der Waals surface area (Å²) in [7, 11) is 0. The van der Waals surface area contributed by atoms with Crippen molar-refractivity contribution in [1.29, 1.82) is 0 Å². The Kier molecular flexibility index (Phi) is 5.53. The second-order valence-corrected chi connectivity index (χ2v) is 9.37. The zero-order valence-corrected chi connectivity index (χ0v) is 20.1. The first-order valence-corrected chi connectivity index (χ1v) is 12.2. The Morgan fingerprint density at radius 3 is 2.66 bits per heavy atom. The first kappa shape index (κ1) is 21.9. The van der Waals surface area contributed by atoms with Crippen LogP contribution in [0, 0.1) is 6.92 Å². The van der Waals surface area contributed by atoms with Gasteiger partial charge in [-0.25, -0.2) is 9.97 Å². The van der Waals surface area contributed by atoms with Crippen molar-refractivity contribution in [1.82, 2.24) is 29.6 Å². The molecule has 0 unspecified atom stereocenters. The number of carbonyl (C=O) groups excluding carboxylic acids is 1. The monoisotopic (exact) mass is 468 g/mol. The first-order chi connectivity index (χ1) is 17.1. The van der Waals surface area contributed by atoms with Crippen LogP contribution in [0.5, 0.6) is 0 Å². The highest BCUT2D eigenvalue weighted by molar-refractivity contribution is 5.97. The van der Waals surface area contributed by atoms with E-state index in [2.05, 4.69) is 38.9 Å². The summed E-state index contributed by atoms with van der Waals surface area (Å²) >= 11 is 0. The Bertz CT molecular complexity index is 1410. The number of amides is 1. The Hall–Kier alpha value is -3.65. The van der Waals surface area contributed by atoms with Crippen LogP contribution in [0.1, 0.15) is 42.9 Å². The van der Waals surface area contributed by atoms with Crippen molar-refractivity contribution >= 4 is 16.7 Å². The van der Waals surface area contributed by atoms with Gasteiger partial charge in [0.2, 0.25) is 5.91 Å². The third-order valence-corrected chi connectivity index (χ3v) is 7.16. The Morgan fingerprint density at radius 1 is 1.09 bits per heavy atom. The normalized spacial score (nSPS) is 16.5. The molecule has 8 nitrogen and oxygen atoms in total. The topological polar surface area (TPSA) is 86.0 Å². The molecule has 0 saturated carbocycles. The van der Waals surface area contributed by atoms with Gasteiger partial charge < -0.3 is 9.64 Å². The van der Waals surface area contributed by atoms with Crippen LogP contribution < -0.4 is 0 Å². The summed E-state index contributed by atoms with van der Waals surface area (Å²) in [6.07, 6.45) is 8.28. The predicted molar refractivity (Wildman–Crippen MR) is 133 cm³/mol. The molecule has 1 fully saturated rings. The van der Waals surface area contributed by atoms with E-state index in [1.165, 1.54) is 5.69 Å². The minimum atomic E-state index is 0.102. The molecule has 6 rings (SSSR count). The van der Waals surface area contributed by atoms with Crippen LogP contribution in [-0.4, -0.2) is 55.3 Å². The fourth-order valence-electron chi connectivity index (χ4n) is 5.22. The molecule has 0 spiro atoms. The molecule has 1 aromatic carbocycles. The zero-order chi connectivity index (χ0) is 23.9. The maximum absolute atomic E-state index is 12.2. The second-order valence-electron chi connectivity index (χ2n) is 9.37. The minimum absolute atomic E-state index is 0.102. The van der Waals surface area contributed by atoms with E-state index in [9.17, 15) is 4.79 Å². The van der Waals surface area contributed by atoms with Gasteiger partial charge in [-0.2, -0.15) is 5.10 Å². The highest BCUT2D eigenvalue weighted by Crippen LogP contribution is 2.37. The molecule has 2 aliphatic rings. The van der Waals surface area contributed by atoms with E-state index in [0.717, 1.165) is 83.7 Å². The predicted octanol–water partition coefficient (Wildman–Crippen LogP) is 4.12. The van der Waals surface area contributed by atoms with Crippen molar-refractivity contribution in [2.45, 2.75) is 45.7 Å². The van der Waals surface area contributed by atoms with Gasteiger partial charge in [0.1, 0.15) is 5.82 Å². The van der Waals surface area contributed by atoms with Crippen LogP contribution in [0.3, 0.4) is 0 Å². The lowest BCUT2D eigenvalue weighted by Gasteiger charge is -2.29. The number of hydrogen-bond donors (Lipinski definition) is 0. The van der Waals surface area contributed by atoms with Gasteiger partial charge in [0.05, 0.1) is 17.4 Å². The summed E-state index contributed by atoms with van der Waals surface area (Å²) in [5.41, 5.74) is 6.14. The number of hydrogen-bond acceptors (Lipinski definition) is 6. The molecular weight excluding hydrogens is 440 g/mol. The third kappa shape index (κ3) is 3.97. The fraction of sp³-hybridized carbons (Fsp3) is 0.370. The van der Waals surface area contributed by atoms with Crippen LogP contribution in [0.4, 0.5) is 0 Å². The zero-order valence-electron chi connectivity index (χ0n) is 20.1. The van der Waals surface area contributed by atoms with E-state index in [1.54, 1.807) is 6.92 Å². The van der Waals surface area contributed by atoms with Gasteiger partial charge in [0.15, 0.2) is 0 Å². The average molecular weight is 469 g/mol. The first-order valence-electron chi connectivity index (χ1n) is 12.2. The molecule has 35 heavy (non-hydrogen) atoms. The van der Waals surface area contributed by atoms with E-state index in [-0.39, 0.29) is 5.91 Å². The molecule has 0 N–H and O–H groups in total. The van der Waals surface area contributed by atoms with Crippen molar-refractivity contribution in [2.24, 2.45) is 0 Å². The largest absolute Gasteiger partial charge is 0.381 e. The highest BCUT2D eigenvalue weighted by atomic mass is 16.5. The molecule has 178 valence electrons. The lowest BCUT2D eigenvalue weighted by molar-refractivity contribution is -0.129. The Labute approximate surface area is 204 Å². The van der Waals surface area contributed by atoms with Crippen LogP contribution in [0.2, 0.25) is 0 Å². The van der Waals surface area contributed by atoms with Crippen molar-refractivity contribution < 1.29 is 9.53 Å². The molecular formula is C27H28N6O2. The summed E-state index contributed by atoms with van der Waals surface area (Å²) in [5, 5.41) is 7.33. The second kappa shape index (κ2) is 8.85. The third-order valence-electron chi connectivity index (χ3n) is 7.16. The Morgan fingerprint density at radius 2 is 1.89 bits per heavy atom. The SMILES string of the molecule is CC(=O)N1CCc2c(c(-c3cccc4cc(-c5cnc(C)nc5)ncc34)nn2C2CCOCC2)C1. The number of aryl methyl sites for hydroxylation is 1. The molecule has 0 bridgehead atoms. The number of ether oxygens (including phenoxy) is 1. The summed E-state index contributed by atoms with van der Waals surface area (Å²) < 4.78 is 7.84. The van der Waals surface area contributed by atoms with Crippen LogP contribution in [0.15, 0.2) is 42.9 Å². The summed E-state index contributed by atoms with van der Waals surface area (Å²) in [6, 6.07) is 8.69. The summed E-state index contributed by atoms with van der Waals surface area (Å²) in [5.74, 6) is 0.839. The van der Waals surface area contributed by atoms with Crippen LogP contribution >= 0.6 is 0 Å². The van der Waals surface area contributed by atoms with Crippen molar-refractivity contribution in [3.8, 4) is 22.5 Å². The standard InChI is InChI=1S/C27H28N6O2/c1-17-28-13-20(14-29-17)25-12-19-4-3-5-22(23(19)15-30-25)27-24-16-32(18(2)34)9-6-26(24)33(31-27)21-7-10-35-11-8-21/h3-5,12-15,21H,6-11,16H2,1-2H3. The number of aromatic nitrogens is 5. The minimum Gasteiger partial charge on any atom is -0.381 e. The molecule has 3 aromatic heterocycles. The van der Waals surface area contributed by atoms with E-state index in [0.29, 0.717) is 12.6 Å². The van der Waals surface area contributed by atoms with Gasteiger partial charge in [0, 0.05) is 86.0 Å². The number of benzene rings is 1. The lowest BCUT2D eigenvalue weighted by atomic mass is 9.96. The molecule has 1 amide bonds. The average Bonchev–Trinajstić information content (AvgIpc) is 3.27. The number of nitrogens with zero attached hydrogens (tertiary/aromatic N) is 6. The highest BCUT2D eigenvalue weighted by Gasteiger charge is 2.30. The molecule has 8 heteroatoms. The molecule has 0 radical (unpaired) electrons. The number of carbonyl (C=O) groups is 1. The quantitative estimate of drug-likeness (QED) is 0.450. The molecule has 0 aliphatic carbocycles. The van der Waals surface area contributed by atoms with Gasteiger partial charge in [-0.05, 0) is 31.2 Å². The summed E-state index contributed by atoms with van der Waals surface area (Å²) in [6.45, 7) is 6.36. The van der Waals surface area contributed by atoms with Gasteiger partial charge in [-0.1, -0.05) is 18.2 Å². The Balaban J connectivity index is 1.47. The van der Waals surface area contributed by atoms with Gasteiger partial charge >= 0.3 is 0 Å². The van der Waals surface area contributed by atoms with Crippen LogP contribution in [0.25, 0.3) is 33.3 Å². The molecule has 0 atom stereocenters. The summed E-state index contributed by atoms with van der Waals surface area (Å²) in [4.78, 5) is 27.5. The van der Waals surface area contributed by atoms with E-state index in [1.807, 2.05) is 30.4 Å². The molecule has 1 saturated heterocycles. The fourth-order valence-corrected chi connectivity index (χ4v) is 5.22. The van der Waals surface area contributed by atoms with Gasteiger partial charge in [-0.3, -0.25) is 14.5 Å². The lowest BCUT2D eigenvalue weighted by Crippen LogP contribution is -2.35. The number of fused-ring (bicyclic) bond motifs is 2.